The molecule has 2 heterocycles. The van der Waals surface area contributed by atoms with Crippen molar-refractivity contribution >= 4 is 18.0 Å². The summed E-state index contributed by atoms with van der Waals surface area (Å²) in [7, 11) is 1.29. The summed E-state index contributed by atoms with van der Waals surface area (Å²) in [6, 6.07) is 16.6. The molecule has 0 aliphatic carbocycles. The van der Waals surface area contributed by atoms with E-state index >= 15 is 0 Å². The van der Waals surface area contributed by atoms with Crippen LogP contribution in [0.15, 0.2) is 67.0 Å². The molecular formula is C27H32N4O5. The number of carbonyl (C=O) groups excluding carboxylic acids is 2. The first-order valence-electron chi connectivity index (χ1n) is 11.7. The van der Waals surface area contributed by atoms with E-state index in [2.05, 4.69) is 39.2 Å². The topological polar surface area (TPSA) is 112 Å². The quantitative estimate of drug-likeness (QED) is 0.388. The van der Waals surface area contributed by atoms with Crippen molar-refractivity contribution in [2.24, 2.45) is 5.92 Å². The second-order valence-electron chi connectivity index (χ2n) is 9.06. The van der Waals surface area contributed by atoms with Crippen LogP contribution in [0.4, 0.5) is 15.4 Å². The number of aromatic nitrogens is 2. The largest absolute Gasteiger partial charge is 0.490 e. The number of nitrogens with one attached hydrogen (secondary N) is 2. The highest BCUT2D eigenvalue weighted by atomic mass is 16.6. The number of nitrogens with zero attached hydrogens (tertiary/aromatic N) is 2. The van der Waals surface area contributed by atoms with Crippen molar-refractivity contribution in [1.29, 1.82) is 0 Å². The number of anilines is 1. The predicted molar refractivity (Wildman–Crippen MR) is 137 cm³/mol. The predicted octanol–water partition coefficient (Wildman–Crippen LogP) is 5.43. The zero-order chi connectivity index (χ0) is 26.0. The van der Waals surface area contributed by atoms with Crippen molar-refractivity contribution in [3.8, 4) is 17.0 Å². The van der Waals surface area contributed by atoms with Gasteiger partial charge >= 0.3 is 12.2 Å². The summed E-state index contributed by atoms with van der Waals surface area (Å²) < 4.78 is 16.0. The third-order valence-electron chi connectivity index (χ3n) is 5.24. The van der Waals surface area contributed by atoms with Gasteiger partial charge < -0.3 is 19.5 Å². The Kier molecular flexibility index (Phi) is 9.21. The maximum atomic E-state index is 12.5. The molecule has 1 atom stereocenters. The Morgan fingerprint density at radius 3 is 2.47 bits per heavy atom. The van der Waals surface area contributed by atoms with Crippen LogP contribution in [-0.2, 0) is 16.1 Å². The molecule has 0 saturated carbocycles. The average molecular weight is 493 g/mol. The minimum Gasteiger partial charge on any atom is -0.490 e. The number of benzene rings is 1. The van der Waals surface area contributed by atoms with E-state index in [1.54, 1.807) is 30.6 Å². The van der Waals surface area contributed by atoms with E-state index in [-0.39, 0.29) is 13.2 Å². The summed E-state index contributed by atoms with van der Waals surface area (Å²) in [6.45, 7) is 6.55. The number of alkyl carbamates (subject to hydrolysis) is 1. The molecule has 0 bridgehead atoms. The van der Waals surface area contributed by atoms with Gasteiger partial charge in [-0.15, -0.1) is 0 Å². The number of hydrogen-bond acceptors (Lipinski definition) is 7. The maximum absolute atomic E-state index is 12.5. The molecule has 2 amide bonds. The fourth-order valence-electron chi connectivity index (χ4n) is 3.75. The molecule has 3 aromatic rings. The van der Waals surface area contributed by atoms with Gasteiger partial charge in [0.1, 0.15) is 24.8 Å². The highest BCUT2D eigenvalue weighted by molar-refractivity contribution is 5.84. The second kappa shape index (κ2) is 12.5. The molecule has 36 heavy (non-hydrogen) atoms. The molecule has 190 valence electrons. The number of hydrogen-bond donors (Lipinski definition) is 2. The third kappa shape index (κ3) is 8.26. The van der Waals surface area contributed by atoms with Crippen molar-refractivity contribution in [3.63, 3.8) is 0 Å². The molecular weight excluding hydrogens is 460 g/mol. The molecule has 9 nitrogen and oxygen atoms in total. The summed E-state index contributed by atoms with van der Waals surface area (Å²) in [5, 5.41) is 5.50. The van der Waals surface area contributed by atoms with Crippen LogP contribution in [0.1, 0.15) is 32.8 Å². The van der Waals surface area contributed by atoms with Gasteiger partial charge in [0.2, 0.25) is 0 Å². The van der Waals surface area contributed by atoms with Gasteiger partial charge in [0, 0.05) is 11.8 Å². The Hall–Kier alpha value is -4.14. The van der Waals surface area contributed by atoms with Gasteiger partial charge in [-0.05, 0) is 49.1 Å². The van der Waals surface area contributed by atoms with Gasteiger partial charge in [0.05, 0.1) is 24.5 Å². The van der Waals surface area contributed by atoms with Gasteiger partial charge in [-0.25, -0.2) is 14.6 Å². The second-order valence-corrected chi connectivity index (χ2v) is 9.06. The van der Waals surface area contributed by atoms with Crippen LogP contribution in [0.2, 0.25) is 0 Å². The van der Waals surface area contributed by atoms with Gasteiger partial charge in [-0.3, -0.25) is 10.3 Å². The van der Waals surface area contributed by atoms with Crippen LogP contribution >= 0.6 is 0 Å². The summed E-state index contributed by atoms with van der Waals surface area (Å²) >= 11 is 0. The fourth-order valence-corrected chi connectivity index (χ4v) is 3.75. The number of pyridine rings is 2. The van der Waals surface area contributed by atoms with Crippen molar-refractivity contribution in [1.82, 2.24) is 15.3 Å². The number of amides is 2. The van der Waals surface area contributed by atoms with E-state index in [1.807, 2.05) is 43.3 Å². The number of ether oxygens (including phenoxy) is 3. The summed E-state index contributed by atoms with van der Waals surface area (Å²) in [5.41, 5.74) is 1.74. The molecule has 0 fully saturated rings. The molecule has 3 rings (SSSR count). The van der Waals surface area contributed by atoms with Crippen LogP contribution in [-0.4, -0.2) is 41.4 Å². The average Bonchev–Trinajstić information content (AvgIpc) is 2.87. The van der Waals surface area contributed by atoms with Gasteiger partial charge in [-0.1, -0.05) is 44.2 Å². The molecule has 2 N–H and O–H groups in total. The lowest BCUT2D eigenvalue weighted by Gasteiger charge is -2.32. The van der Waals surface area contributed by atoms with E-state index in [0.717, 1.165) is 11.1 Å². The highest BCUT2D eigenvalue weighted by Crippen LogP contribution is 2.23. The Morgan fingerprint density at radius 2 is 1.81 bits per heavy atom. The van der Waals surface area contributed by atoms with E-state index in [9.17, 15) is 9.59 Å². The SMILES string of the molecule is COC(=O)Nc1cc(-c2ccc(OCC(C)(CC(C)C)NC(=O)OCc3ccccc3)cn2)ccn1. The summed E-state index contributed by atoms with van der Waals surface area (Å²) in [6.07, 6.45) is 2.80. The highest BCUT2D eigenvalue weighted by Gasteiger charge is 2.29. The summed E-state index contributed by atoms with van der Waals surface area (Å²) in [5.74, 6) is 1.25. The van der Waals surface area contributed by atoms with E-state index in [0.29, 0.717) is 29.6 Å². The Bertz CT molecular complexity index is 1140. The third-order valence-corrected chi connectivity index (χ3v) is 5.24. The molecule has 0 saturated heterocycles. The minimum absolute atomic E-state index is 0.197. The van der Waals surface area contributed by atoms with Gasteiger partial charge in [0.15, 0.2) is 0 Å². The van der Waals surface area contributed by atoms with Crippen LogP contribution < -0.4 is 15.4 Å². The zero-order valence-electron chi connectivity index (χ0n) is 21.0. The first-order chi connectivity index (χ1) is 17.3. The lowest BCUT2D eigenvalue weighted by Crippen LogP contribution is -2.51. The van der Waals surface area contributed by atoms with Crippen molar-refractivity contribution in [3.05, 3.63) is 72.6 Å². The number of methoxy groups -OCH3 is 1. The van der Waals surface area contributed by atoms with Crippen molar-refractivity contribution < 1.29 is 23.8 Å². The van der Waals surface area contributed by atoms with E-state index in [1.165, 1.54) is 7.11 Å². The number of rotatable bonds is 10. The Balaban J connectivity index is 1.60. The standard InChI is InChI=1S/C27H32N4O5/c1-19(2)15-27(3,31-26(33)35-17-20-8-6-5-7-9-20)18-36-22-10-11-23(29-16-22)21-12-13-28-24(14-21)30-25(32)34-4/h5-14,16,19H,15,17-18H2,1-4H3,(H,31,33)(H,28,30,32). The van der Waals surface area contributed by atoms with E-state index < -0.39 is 17.7 Å². The maximum Gasteiger partial charge on any atom is 0.412 e. The number of carbonyl (C=O) groups is 2. The zero-order valence-corrected chi connectivity index (χ0v) is 21.0. The van der Waals surface area contributed by atoms with E-state index in [4.69, 9.17) is 9.47 Å². The lowest BCUT2D eigenvalue weighted by atomic mass is 9.91. The molecule has 0 radical (unpaired) electrons. The Morgan fingerprint density at radius 1 is 1.03 bits per heavy atom. The molecule has 0 aliphatic heterocycles. The Labute approximate surface area is 211 Å². The summed E-state index contributed by atoms with van der Waals surface area (Å²) in [4.78, 5) is 32.5. The first kappa shape index (κ1) is 26.5. The van der Waals surface area contributed by atoms with Crippen LogP contribution in [0.5, 0.6) is 5.75 Å². The van der Waals surface area contributed by atoms with Crippen LogP contribution in [0.25, 0.3) is 11.3 Å². The molecule has 2 aromatic heterocycles. The fraction of sp³-hybridized carbons (Fsp3) is 0.333. The molecule has 0 spiro atoms. The van der Waals surface area contributed by atoms with Crippen molar-refractivity contribution in [2.75, 3.05) is 19.0 Å². The molecule has 9 heteroatoms. The van der Waals surface area contributed by atoms with Crippen LogP contribution in [0.3, 0.4) is 0 Å². The van der Waals surface area contributed by atoms with Gasteiger partial charge in [-0.2, -0.15) is 0 Å². The van der Waals surface area contributed by atoms with Crippen LogP contribution in [0, 0.1) is 5.92 Å². The first-order valence-corrected chi connectivity index (χ1v) is 11.7. The monoisotopic (exact) mass is 492 g/mol. The normalized spacial score (nSPS) is 12.4. The minimum atomic E-state index is -0.639. The van der Waals surface area contributed by atoms with Gasteiger partial charge in [0.25, 0.3) is 0 Å². The van der Waals surface area contributed by atoms with Crippen molar-refractivity contribution in [2.45, 2.75) is 39.3 Å². The molecule has 0 aliphatic rings. The lowest BCUT2D eigenvalue weighted by molar-refractivity contribution is 0.109. The smallest absolute Gasteiger partial charge is 0.412 e. The molecule has 1 unspecified atom stereocenters. The molecule has 1 aromatic carbocycles.